The number of nitrogens with zero attached hydrogens (tertiary/aromatic N) is 6. The number of aryl methyl sites for hydroxylation is 1. The summed E-state index contributed by atoms with van der Waals surface area (Å²) in [5.41, 5.74) is 7.81. The molecule has 1 aromatic carbocycles. The number of alkyl halides is 3. The fourth-order valence-electron chi connectivity index (χ4n) is 4.98. The van der Waals surface area contributed by atoms with Crippen LogP contribution in [0.4, 0.5) is 19.0 Å². The van der Waals surface area contributed by atoms with Gasteiger partial charge < -0.3 is 29.8 Å². The van der Waals surface area contributed by atoms with Crippen molar-refractivity contribution in [2.45, 2.75) is 25.7 Å². The number of hydrogen-bond donors (Lipinski definition) is 2. The predicted molar refractivity (Wildman–Crippen MR) is 143 cm³/mol. The lowest BCUT2D eigenvalue weighted by Crippen LogP contribution is -2.48. The summed E-state index contributed by atoms with van der Waals surface area (Å²) in [7, 11) is 0. The van der Waals surface area contributed by atoms with Gasteiger partial charge in [-0.3, -0.25) is 4.79 Å². The number of halogens is 3. The first-order chi connectivity index (χ1) is 19.7. The maximum Gasteiger partial charge on any atom is 0.422 e. The highest BCUT2D eigenvalue weighted by Crippen LogP contribution is 2.31. The van der Waals surface area contributed by atoms with Gasteiger partial charge in [-0.25, -0.2) is 9.97 Å². The van der Waals surface area contributed by atoms with Crippen LogP contribution in [0, 0.1) is 6.92 Å². The normalized spacial score (nSPS) is 14.5. The third-order valence-corrected chi connectivity index (χ3v) is 6.88. The van der Waals surface area contributed by atoms with E-state index >= 15 is 0 Å². The molecule has 1 atom stereocenters. The van der Waals surface area contributed by atoms with Crippen LogP contribution in [0.2, 0.25) is 0 Å². The molecule has 5 aromatic rings. The zero-order valence-corrected chi connectivity index (χ0v) is 21.9. The average molecular weight is 567 g/mol. The molecule has 14 heteroatoms. The van der Waals surface area contributed by atoms with E-state index in [1.807, 2.05) is 24.3 Å². The summed E-state index contributed by atoms with van der Waals surface area (Å²) >= 11 is 0. The highest BCUT2D eigenvalue weighted by atomic mass is 19.4. The molecule has 0 saturated carbocycles. The van der Waals surface area contributed by atoms with E-state index in [4.69, 9.17) is 15.0 Å². The van der Waals surface area contributed by atoms with Crippen molar-refractivity contribution in [2.24, 2.45) is 5.73 Å². The Bertz CT molecular complexity index is 1750. The number of ether oxygens (including phenoxy) is 1. The molecular formula is C27H25F3N8O3. The van der Waals surface area contributed by atoms with Crippen LogP contribution in [0.15, 0.2) is 53.3 Å². The second-order valence-corrected chi connectivity index (χ2v) is 9.69. The monoisotopic (exact) mass is 566 g/mol. The van der Waals surface area contributed by atoms with Crippen LogP contribution in [0.3, 0.4) is 0 Å². The molecule has 1 amide bonds. The minimum Gasteiger partial charge on any atom is -0.468 e. The zero-order valence-electron chi connectivity index (χ0n) is 21.9. The van der Waals surface area contributed by atoms with Crippen molar-refractivity contribution >= 4 is 33.4 Å². The van der Waals surface area contributed by atoms with Gasteiger partial charge in [0.2, 0.25) is 17.6 Å². The number of rotatable bonds is 8. The Morgan fingerprint density at radius 1 is 1.12 bits per heavy atom. The Morgan fingerprint density at radius 2 is 1.95 bits per heavy atom. The Kier molecular flexibility index (Phi) is 6.69. The van der Waals surface area contributed by atoms with Gasteiger partial charge in [0.05, 0.1) is 16.9 Å². The van der Waals surface area contributed by atoms with Crippen LogP contribution in [-0.2, 0) is 6.54 Å². The lowest BCUT2D eigenvalue weighted by Gasteiger charge is -2.32. The van der Waals surface area contributed by atoms with Gasteiger partial charge in [0.25, 0.3) is 5.91 Å². The van der Waals surface area contributed by atoms with Crippen LogP contribution < -0.4 is 15.8 Å². The van der Waals surface area contributed by atoms with E-state index in [0.29, 0.717) is 47.2 Å². The van der Waals surface area contributed by atoms with Gasteiger partial charge in [-0.1, -0.05) is 17.3 Å². The summed E-state index contributed by atoms with van der Waals surface area (Å²) in [6, 6.07) is 10.5. The molecule has 0 aliphatic carbocycles. The molecule has 41 heavy (non-hydrogen) atoms. The molecule has 0 fully saturated rings. The molecule has 1 aliphatic rings. The van der Waals surface area contributed by atoms with Gasteiger partial charge in [0, 0.05) is 56.4 Å². The maximum absolute atomic E-state index is 13.5. The minimum absolute atomic E-state index is 0.167. The van der Waals surface area contributed by atoms with E-state index in [9.17, 15) is 18.0 Å². The molecule has 1 aliphatic heterocycles. The maximum atomic E-state index is 13.5. The smallest absolute Gasteiger partial charge is 0.422 e. The molecule has 0 radical (unpaired) electrons. The van der Waals surface area contributed by atoms with Crippen LogP contribution in [0.25, 0.3) is 33.1 Å². The zero-order chi connectivity index (χ0) is 28.7. The first-order valence-corrected chi connectivity index (χ1v) is 12.8. The Morgan fingerprint density at radius 3 is 2.71 bits per heavy atom. The van der Waals surface area contributed by atoms with Crippen molar-refractivity contribution in [3.05, 3.63) is 60.4 Å². The molecule has 0 spiro atoms. The Balaban J connectivity index is 1.23. The van der Waals surface area contributed by atoms with Crippen molar-refractivity contribution in [2.75, 3.05) is 31.6 Å². The van der Waals surface area contributed by atoms with E-state index in [0.717, 1.165) is 16.3 Å². The highest BCUT2D eigenvalue weighted by Gasteiger charge is 2.31. The Hall–Kier alpha value is -4.72. The summed E-state index contributed by atoms with van der Waals surface area (Å²) in [5.74, 6) is 1.08. The minimum atomic E-state index is -4.51. The molecule has 0 unspecified atom stereocenters. The third-order valence-electron chi connectivity index (χ3n) is 6.88. The van der Waals surface area contributed by atoms with Gasteiger partial charge in [0.1, 0.15) is 11.5 Å². The summed E-state index contributed by atoms with van der Waals surface area (Å²) in [6.07, 6.45) is -1.45. The average Bonchev–Trinajstić information content (AvgIpc) is 3.56. The lowest BCUT2D eigenvalue weighted by atomic mass is 10.1. The van der Waals surface area contributed by atoms with Crippen molar-refractivity contribution < 1.29 is 27.2 Å². The highest BCUT2D eigenvalue weighted by molar-refractivity contribution is 6.01. The van der Waals surface area contributed by atoms with E-state index in [-0.39, 0.29) is 30.9 Å². The molecule has 6 rings (SSSR count). The first kappa shape index (κ1) is 26.5. The number of amides is 1. The van der Waals surface area contributed by atoms with Crippen LogP contribution >= 0.6 is 0 Å². The Labute approximate surface area is 231 Å². The first-order valence-electron chi connectivity index (χ1n) is 12.8. The number of carbonyl (C=O) groups excluding carboxylic acids is 1. The van der Waals surface area contributed by atoms with E-state index in [1.54, 1.807) is 28.7 Å². The molecule has 4 aromatic heterocycles. The second kappa shape index (κ2) is 10.4. The number of pyridine rings is 2. The van der Waals surface area contributed by atoms with E-state index < -0.39 is 12.8 Å². The van der Waals surface area contributed by atoms with Crippen LogP contribution in [0.1, 0.15) is 16.4 Å². The number of benzene rings is 1. The molecular weight excluding hydrogens is 541 g/mol. The number of carbonyl (C=O) groups is 1. The molecule has 0 saturated heterocycles. The summed E-state index contributed by atoms with van der Waals surface area (Å²) in [6.45, 7) is 1.59. The van der Waals surface area contributed by atoms with Gasteiger partial charge in [-0.2, -0.15) is 18.2 Å². The summed E-state index contributed by atoms with van der Waals surface area (Å²) < 4.78 is 50.0. The van der Waals surface area contributed by atoms with Crippen LogP contribution in [-0.4, -0.2) is 73.9 Å². The van der Waals surface area contributed by atoms with Crippen LogP contribution in [0.5, 0.6) is 5.88 Å². The molecule has 11 nitrogen and oxygen atoms in total. The fourth-order valence-corrected chi connectivity index (χ4v) is 4.98. The van der Waals surface area contributed by atoms with Gasteiger partial charge >= 0.3 is 6.18 Å². The summed E-state index contributed by atoms with van der Waals surface area (Å²) in [4.78, 5) is 27.9. The van der Waals surface area contributed by atoms with Gasteiger partial charge in [-0.15, -0.1) is 0 Å². The van der Waals surface area contributed by atoms with E-state index in [1.165, 1.54) is 12.3 Å². The van der Waals surface area contributed by atoms with Crippen molar-refractivity contribution in [3.8, 4) is 17.3 Å². The second-order valence-electron chi connectivity index (χ2n) is 9.69. The molecule has 212 valence electrons. The third kappa shape index (κ3) is 5.25. The van der Waals surface area contributed by atoms with E-state index in [2.05, 4.69) is 25.4 Å². The topological polar surface area (TPSA) is 137 Å². The molecule has 0 bridgehead atoms. The molecule has 3 N–H and O–H groups in total. The number of anilines is 1. The van der Waals surface area contributed by atoms with Gasteiger partial charge in [-0.05, 0) is 29.7 Å². The lowest BCUT2D eigenvalue weighted by molar-refractivity contribution is -0.153. The van der Waals surface area contributed by atoms with Gasteiger partial charge in [0.15, 0.2) is 6.61 Å². The predicted octanol–water partition coefficient (Wildman–Crippen LogP) is 3.78. The number of nitrogens with one attached hydrogen (secondary N) is 1. The number of fused-ring (bicyclic) bond motifs is 4. The standard InChI is InChI=1S/C27H25F3N8O3/c1-15-34-23(36-41-15)17-3-2-16-4-6-32-24(19(16)10-17)35-18(12-31)13-37-8-9-38-21-5-7-33-25(40-14-27(28,29)30)20(21)11-22(38)26(37)39/h2-7,10-11,18H,8-9,12-14,31H2,1H3,(H,32,35)/t18-/m0/s1. The van der Waals surface area contributed by atoms with Crippen molar-refractivity contribution in [1.29, 1.82) is 0 Å². The SMILES string of the molecule is Cc1nc(-c2ccc3ccnc(N[C@@H](CN)CN4CCn5c(cc6c(OCC(F)(F)F)nccc65)C4=O)c3c2)no1. The largest absolute Gasteiger partial charge is 0.468 e. The summed E-state index contributed by atoms with van der Waals surface area (Å²) in [5, 5.41) is 9.49. The fraction of sp³-hybridized carbons (Fsp3) is 0.296. The van der Waals surface area contributed by atoms with Crippen molar-refractivity contribution in [3.63, 3.8) is 0 Å². The number of aromatic nitrogens is 5. The number of hydrogen-bond acceptors (Lipinski definition) is 9. The quantitative estimate of drug-likeness (QED) is 0.287. The number of nitrogens with two attached hydrogens (primary N) is 1. The molecule has 5 heterocycles. The van der Waals surface area contributed by atoms with Crippen molar-refractivity contribution in [1.82, 2.24) is 29.6 Å².